The van der Waals surface area contributed by atoms with Gasteiger partial charge in [-0.3, -0.25) is 14.0 Å². The van der Waals surface area contributed by atoms with E-state index in [0.717, 1.165) is 31.4 Å². The van der Waals surface area contributed by atoms with Crippen LogP contribution in [0.5, 0.6) is 0 Å². The number of hydrogen-bond acceptors (Lipinski definition) is 2. The summed E-state index contributed by atoms with van der Waals surface area (Å²) in [6, 6.07) is 8.92. The molecule has 176 valence electrons. The zero-order valence-corrected chi connectivity index (χ0v) is 21.7. The van der Waals surface area contributed by atoms with Gasteiger partial charge in [-0.1, -0.05) is 64.1 Å². The number of hydrogen-bond donors (Lipinski definition) is 0. The maximum absolute atomic E-state index is 7.19. The zero-order valence-electron chi connectivity index (χ0n) is 21.0. The standard InChI is InChI=1S/C27H44NO2.ClH/c1-9-28(7,8)27(29-10-2,25-16-14-24(15-17-25)20-22(3)4)30-26(21-23(5)6)18-12-11-13-19-26;/h11-18,22-23H,9-10,19-21H2,1-8H3;1H/q+1;/p-1. The van der Waals surface area contributed by atoms with Gasteiger partial charge >= 0.3 is 5.91 Å². The van der Waals surface area contributed by atoms with Crippen molar-refractivity contribution in [1.82, 2.24) is 0 Å². The molecule has 0 N–H and O–H groups in total. The number of allylic oxidation sites excluding steroid dienone is 2. The molecule has 0 radical (unpaired) electrons. The Morgan fingerprint density at radius 3 is 2.10 bits per heavy atom. The number of quaternary nitrogens is 1. The molecule has 4 heteroatoms. The van der Waals surface area contributed by atoms with Gasteiger partial charge < -0.3 is 12.4 Å². The van der Waals surface area contributed by atoms with Gasteiger partial charge in [-0.15, -0.1) is 0 Å². The molecular weight excluding hydrogens is 406 g/mol. The first kappa shape index (κ1) is 27.9. The molecular formula is C27H44ClNO2. The fourth-order valence-corrected chi connectivity index (χ4v) is 4.43. The zero-order chi connectivity index (χ0) is 22.4. The van der Waals surface area contributed by atoms with Crippen molar-refractivity contribution in [2.24, 2.45) is 11.8 Å². The topological polar surface area (TPSA) is 18.5 Å². The van der Waals surface area contributed by atoms with Crippen molar-refractivity contribution in [3.8, 4) is 0 Å². The lowest BCUT2D eigenvalue weighted by molar-refractivity contribution is -1.01. The van der Waals surface area contributed by atoms with E-state index in [2.05, 4.69) is 104 Å². The number of rotatable bonds is 11. The minimum Gasteiger partial charge on any atom is -1.00 e. The molecule has 0 saturated carbocycles. The molecule has 0 heterocycles. The Hall–Kier alpha value is -1.13. The van der Waals surface area contributed by atoms with E-state index in [1.54, 1.807) is 0 Å². The van der Waals surface area contributed by atoms with Crippen LogP contribution in [-0.2, 0) is 21.8 Å². The van der Waals surface area contributed by atoms with E-state index in [-0.39, 0.29) is 18.0 Å². The molecule has 2 atom stereocenters. The average molecular weight is 450 g/mol. The van der Waals surface area contributed by atoms with E-state index in [1.807, 2.05) is 0 Å². The summed E-state index contributed by atoms with van der Waals surface area (Å²) < 4.78 is 14.4. The maximum atomic E-state index is 7.19. The van der Waals surface area contributed by atoms with Crippen molar-refractivity contribution < 1.29 is 26.4 Å². The average Bonchev–Trinajstić information content (AvgIpc) is 2.67. The molecule has 3 nitrogen and oxygen atoms in total. The van der Waals surface area contributed by atoms with Crippen LogP contribution >= 0.6 is 0 Å². The molecule has 2 rings (SSSR count). The van der Waals surface area contributed by atoms with Crippen LogP contribution in [-0.4, -0.2) is 37.3 Å². The molecule has 0 amide bonds. The van der Waals surface area contributed by atoms with Crippen molar-refractivity contribution in [2.45, 2.75) is 72.3 Å². The van der Waals surface area contributed by atoms with Crippen LogP contribution in [0.15, 0.2) is 48.6 Å². The smallest absolute Gasteiger partial charge is 0.348 e. The normalized spacial score (nSPS) is 20.7. The molecule has 31 heavy (non-hydrogen) atoms. The molecule has 1 aliphatic carbocycles. The number of benzene rings is 1. The van der Waals surface area contributed by atoms with Crippen LogP contribution in [0.4, 0.5) is 0 Å². The maximum Gasteiger partial charge on any atom is 0.348 e. The fraction of sp³-hybridized carbons (Fsp3) is 0.630. The second-order valence-corrected chi connectivity index (χ2v) is 10.1. The lowest BCUT2D eigenvalue weighted by Crippen LogP contribution is -3.00. The van der Waals surface area contributed by atoms with E-state index in [1.165, 1.54) is 5.56 Å². The van der Waals surface area contributed by atoms with E-state index in [9.17, 15) is 0 Å². The van der Waals surface area contributed by atoms with Crippen molar-refractivity contribution in [2.75, 3.05) is 27.2 Å². The third-order valence-corrected chi connectivity index (χ3v) is 6.10. The molecule has 0 spiro atoms. The summed E-state index contributed by atoms with van der Waals surface area (Å²) in [6.07, 6.45) is 11.6. The fourth-order valence-electron chi connectivity index (χ4n) is 4.43. The predicted octanol–water partition coefficient (Wildman–Crippen LogP) is 3.45. The Morgan fingerprint density at radius 2 is 1.65 bits per heavy atom. The van der Waals surface area contributed by atoms with Crippen LogP contribution in [0.3, 0.4) is 0 Å². The van der Waals surface area contributed by atoms with Gasteiger partial charge in [0.1, 0.15) is 0 Å². The molecule has 1 aromatic carbocycles. The highest BCUT2D eigenvalue weighted by molar-refractivity contribution is 5.26. The number of ether oxygens (including phenoxy) is 2. The second kappa shape index (κ2) is 11.7. The van der Waals surface area contributed by atoms with Crippen molar-refractivity contribution in [3.05, 3.63) is 59.7 Å². The van der Waals surface area contributed by atoms with Gasteiger partial charge in [-0.05, 0) is 62.6 Å². The minimum absolute atomic E-state index is 0. The Bertz CT molecular complexity index is 723. The van der Waals surface area contributed by atoms with Crippen molar-refractivity contribution in [1.29, 1.82) is 0 Å². The lowest BCUT2D eigenvalue weighted by Gasteiger charge is -2.50. The first-order chi connectivity index (χ1) is 14.1. The highest BCUT2D eigenvalue weighted by Crippen LogP contribution is 2.43. The first-order valence-corrected chi connectivity index (χ1v) is 11.7. The van der Waals surface area contributed by atoms with Gasteiger partial charge in [-0.2, -0.15) is 0 Å². The summed E-state index contributed by atoms with van der Waals surface area (Å²) in [5, 5.41) is 0. The van der Waals surface area contributed by atoms with Crippen LogP contribution in [0.1, 0.15) is 65.5 Å². The third kappa shape index (κ3) is 6.68. The van der Waals surface area contributed by atoms with Crippen LogP contribution in [0, 0.1) is 11.8 Å². The summed E-state index contributed by atoms with van der Waals surface area (Å²) in [7, 11) is 4.42. The number of nitrogens with zero attached hydrogens (tertiary/aromatic N) is 1. The Kier molecular flexibility index (Phi) is 10.5. The summed E-state index contributed by atoms with van der Waals surface area (Å²) in [6.45, 7) is 14.8. The number of halogens is 1. The van der Waals surface area contributed by atoms with E-state index in [0.29, 0.717) is 22.9 Å². The molecule has 1 aromatic rings. The predicted molar refractivity (Wildman–Crippen MR) is 127 cm³/mol. The van der Waals surface area contributed by atoms with Gasteiger partial charge in [0.25, 0.3) is 0 Å². The molecule has 0 bridgehead atoms. The van der Waals surface area contributed by atoms with E-state index < -0.39 is 5.91 Å². The molecule has 0 aliphatic heterocycles. The Labute approximate surface area is 197 Å². The van der Waals surface area contributed by atoms with E-state index >= 15 is 0 Å². The molecule has 0 aromatic heterocycles. The Morgan fingerprint density at radius 1 is 1.00 bits per heavy atom. The largest absolute Gasteiger partial charge is 1.00 e. The third-order valence-electron chi connectivity index (χ3n) is 6.10. The van der Waals surface area contributed by atoms with Crippen molar-refractivity contribution in [3.63, 3.8) is 0 Å². The van der Waals surface area contributed by atoms with E-state index in [4.69, 9.17) is 9.47 Å². The van der Waals surface area contributed by atoms with Gasteiger partial charge in [0.2, 0.25) is 0 Å². The lowest BCUT2D eigenvalue weighted by atomic mass is 9.86. The highest BCUT2D eigenvalue weighted by atomic mass is 35.5. The summed E-state index contributed by atoms with van der Waals surface area (Å²) >= 11 is 0. The SMILES string of the molecule is CCOC(OC1(CC(C)C)C=CC=CC1)(c1ccc(CC(C)C)cc1)[N+](C)(C)CC.[Cl-]. The second-order valence-electron chi connectivity index (χ2n) is 10.1. The monoisotopic (exact) mass is 449 g/mol. The van der Waals surface area contributed by atoms with Crippen molar-refractivity contribution >= 4 is 0 Å². The summed E-state index contributed by atoms with van der Waals surface area (Å²) in [4.78, 5) is 0. The molecule has 1 aliphatic rings. The Balaban J connectivity index is 0.00000480. The van der Waals surface area contributed by atoms with Gasteiger partial charge in [0.15, 0.2) is 0 Å². The summed E-state index contributed by atoms with van der Waals surface area (Å²) in [5.41, 5.74) is 2.08. The van der Waals surface area contributed by atoms with Gasteiger partial charge in [0, 0.05) is 0 Å². The quantitative estimate of drug-likeness (QED) is 0.380. The molecule has 0 fully saturated rings. The van der Waals surface area contributed by atoms with Crippen LogP contribution < -0.4 is 12.4 Å². The molecule has 2 unspecified atom stereocenters. The van der Waals surface area contributed by atoms with Crippen LogP contribution in [0.25, 0.3) is 0 Å². The molecule has 0 saturated heterocycles. The first-order valence-electron chi connectivity index (χ1n) is 11.7. The highest BCUT2D eigenvalue weighted by Gasteiger charge is 2.54. The van der Waals surface area contributed by atoms with Gasteiger partial charge in [0.05, 0.1) is 38.4 Å². The van der Waals surface area contributed by atoms with Gasteiger partial charge in [-0.25, -0.2) is 0 Å². The minimum atomic E-state index is -0.871. The van der Waals surface area contributed by atoms with Crippen LogP contribution in [0.2, 0.25) is 0 Å². The summed E-state index contributed by atoms with van der Waals surface area (Å²) in [5.74, 6) is 0.288.